The summed E-state index contributed by atoms with van der Waals surface area (Å²) in [6, 6.07) is 0. The summed E-state index contributed by atoms with van der Waals surface area (Å²) in [4.78, 5) is 4.00. The second-order valence-electron chi connectivity index (χ2n) is 6.65. The van der Waals surface area contributed by atoms with Crippen molar-refractivity contribution in [3.8, 4) is 0 Å². The third-order valence-corrected chi connectivity index (χ3v) is 5.18. The van der Waals surface area contributed by atoms with Gasteiger partial charge in [-0.15, -0.1) is 0 Å². The van der Waals surface area contributed by atoms with Gasteiger partial charge in [0.25, 0.3) is 0 Å². The molecule has 17 heavy (non-hydrogen) atoms. The van der Waals surface area contributed by atoms with Gasteiger partial charge in [0.15, 0.2) is 0 Å². The molecule has 0 heterocycles. The van der Waals surface area contributed by atoms with Crippen LogP contribution in [0.1, 0.15) is 53.4 Å². The van der Waals surface area contributed by atoms with Crippen LogP contribution in [0.15, 0.2) is 11.6 Å². The zero-order valence-corrected chi connectivity index (χ0v) is 11.7. The first-order valence-corrected chi connectivity index (χ1v) is 7.04. The fraction of sp³-hybridized carbons (Fsp3) is 0.812. The van der Waals surface area contributed by atoms with Crippen molar-refractivity contribution >= 4 is 0 Å². The molecule has 0 saturated heterocycles. The molecule has 1 saturated carbocycles. The lowest BCUT2D eigenvalue weighted by molar-refractivity contribution is 0.0861. The van der Waals surface area contributed by atoms with Crippen LogP contribution < -0.4 is 0 Å². The van der Waals surface area contributed by atoms with Crippen molar-refractivity contribution < 1.29 is 0 Å². The second kappa shape index (κ2) is 4.48. The molecule has 0 bridgehead atoms. The minimum atomic E-state index is -0.0900. The van der Waals surface area contributed by atoms with Crippen molar-refractivity contribution in [1.82, 2.24) is 0 Å². The highest BCUT2D eigenvalue weighted by Crippen LogP contribution is 2.51. The predicted molar refractivity (Wildman–Crippen MR) is 72.5 cm³/mol. The SMILES string of the molecule is [C-]#[N+][C@]1(C)CC[C@@H](C(C)C)[C@@H]2C=C(C)CC[C@@H]21. The monoisotopic (exact) mass is 231 g/mol. The van der Waals surface area contributed by atoms with Gasteiger partial charge in [0.05, 0.1) is 0 Å². The molecule has 1 nitrogen and oxygen atoms in total. The lowest BCUT2D eigenvalue weighted by Crippen LogP contribution is -2.46. The Labute approximate surface area is 106 Å². The highest BCUT2D eigenvalue weighted by Gasteiger charge is 2.51. The molecule has 94 valence electrons. The molecule has 0 aromatic heterocycles. The highest BCUT2D eigenvalue weighted by atomic mass is 14.8. The quantitative estimate of drug-likeness (QED) is 0.455. The van der Waals surface area contributed by atoms with Crippen LogP contribution >= 0.6 is 0 Å². The lowest BCUT2D eigenvalue weighted by Gasteiger charge is -2.45. The van der Waals surface area contributed by atoms with E-state index in [1.54, 1.807) is 5.57 Å². The standard InChI is InChI=1S/C16H25N/c1-11(2)13-8-9-16(4,17-5)15-7-6-12(3)10-14(13)15/h10-11,13-15H,6-9H2,1-4H3/t13-,14-,15-,16+/m0/s1. The summed E-state index contributed by atoms with van der Waals surface area (Å²) < 4.78 is 0. The predicted octanol–water partition coefficient (Wildman–Crippen LogP) is 4.70. The largest absolute Gasteiger partial charge is 0.310 e. The molecule has 0 radical (unpaired) electrons. The number of allylic oxidation sites excluding steroid dienone is 2. The Hall–Kier alpha value is -0.770. The molecule has 0 aliphatic heterocycles. The maximum Gasteiger partial charge on any atom is 0.233 e. The van der Waals surface area contributed by atoms with E-state index < -0.39 is 0 Å². The summed E-state index contributed by atoms with van der Waals surface area (Å²) in [6.07, 6.45) is 7.28. The average Bonchev–Trinajstić information content (AvgIpc) is 2.28. The molecular formula is C16H25N. The Morgan fingerprint density at radius 2 is 2.12 bits per heavy atom. The van der Waals surface area contributed by atoms with E-state index in [-0.39, 0.29) is 5.54 Å². The molecule has 0 N–H and O–H groups in total. The zero-order chi connectivity index (χ0) is 12.6. The maximum absolute atomic E-state index is 7.54. The fourth-order valence-electron chi connectivity index (χ4n) is 4.00. The molecule has 0 spiro atoms. The van der Waals surface area contributed by atoms with Gasteiger partial charge in [-0.05, 0) is 43.9 Å². The first-order valence-electron chi connectivity index (χ1n) is 7.04. The Kier molecular flexibility index (Phi) is 3.34. The van der Waals surface area contributed by atoms with E-state index in [1.807, 2.05) is 0 Å². The first-order chi connectivity index (χ1) is 7.98. The Morgan fingerprint density at radius 3 is 2.71 bits per heavy atom. The van der Waals surface area contributed by atoms with Crippen LogP contribution in [0.2, 0.25) is 0 Å². The van der Waals surface area contributed by atoms with Gasteiger partial charge in [0.2, 0.25) is 5.54 Å². The third kappa shape index (κ3) is 2.15. The molecule has 0 aromatic carbocycles. The van der Waals surface area contributed by atoms with Gasteiger partial charge < -0.3 is 4.85 Å². The molecular weight excluding hydrogens is 206 g/mol. The minimum absolute atomic E-state index is 0.0900. The van der Waals surface area contributed by atoms with Crippen LogP contribution in [-0.4, -0.2) is 5.54 Å². The molecule has 0 unspecified atom stereocenters. The van der Waals surface area contributed by atoms with E-state index in [4.69, 9.17) is 6.57 Å². The molecule has 2 rings (SSSR count). The normalized spacial score (nSPS) is 41.6. The molecule has 1 fully saturated rings. The topological polar surface area (TPSA) is 4.36 Å². The summed E-state index contributed by atoms with van der Waals surface area (Å²) >= 11 is 0. The van der Waals surface area contributed by atoms with Crippen LogP contribution in [0.25, 0.3) is 4.85 Å². The van der Waals surface area contributed by atoms with Crippen molar-refractivity contribution in [3.63, 3.8) is 0 Å². The molecule has 0 amide bonds. The highest BCUT2D eigenvalue weighted by molar-refractivity contribution is 5.17. The summed E-state index contributed by atoms with van der Waals surface area (Å²) in [5.41, 5.74) is 1.46. The smallest absolute Gasteiger partial charge is 0.233 e. The number of hydrogen-bond donors (Lipinski definition) is 0. The van der Waals surface area contributed by atoms with E-state index in [1.165, 1.54) is 19.3 Å². The number of rotatable bonds is 1. The lowest BCUT2D eigenvalue weighted by atomic mass is 9.57. The Bertz CT molecular complexity index is 360. The Morgan fingerprint density at radius 1 is 1.41 bits per heavy atom. The van der Waals surface area contributed by atoms with Gasteiger partial charge >= 0.3 is 0 Å². The van der Waals surface area contributed by atoms with Crippen molar-refractivity contribution in [1.29, 1.82) is 0 Å². The second-order valence-corrected chi connectivity index (χ2v) is 6.65. The van der Waals surface area contributed by atoms with Gasteiger partial charge in [-0.1, -0.05) is 25.5 Å². The van der Waals surface area contributed by atoms with Crippen LogP contribution in [0.3, 0.4) is 0 Å². The maximum atomic E-state index is 7.54. The minimum Gasteiger partial charge on any atom is -0.310 e. The van der Waals surface area contributed by atoms with E-state index in [0.29, 0.717) is 11.8 Å². The van der Waals surface area contributed by atoms with Gasteiger partial charge in [0.1, 0.15) is 0 Å². The van der Waals surface area contributed by atoms with E-state index in [2.05, 4.69) is 38.6 Å². The first kappa shape index (κ1) is 12.7. The van der Waals surface area contributed by atoms with E-state index in [0.717, 1.165) is 18.3 Å². The van der Waals surface area contributed by atoms with Crippen molar-refractivity contribution in [2.24, 2.45) is 23.7 Å². The van der Waals surface area contributed by atoms with Crippen LogP contribution in [0.5, 0.6) is 0 Å². The van der Waals surface area contributed by atoms with Gasteiger partial charge in [-0.25, -0.2) is 6.57 Å². The zero-order valence-electron chi connectivity index (χ0n) is 11.7. The van der Waals surface area contributed by atoms with E-state index >= 15 is 0 Å². The average molecular weight is 231 g/mol. The van der Waals surface area contributed by atoms with Crippen molar-refractivity contribution in [3.05, 3.63) is 23.1 Å². The number of nitrogens with zero attached hydrogens (tertiary/aromatic N) is 1. The summed E-state index contributed by atoms with van der Waals surface area (Å²) in [6.45, 7) is 16.7. The molecule has 2 aliphatic rings. The molecule has 4 atom stereocenters. The van der Waals surface area contributed by atoms with Gasteiger partial charge in [0, 0.05) is 19.3 Å². The number of fused-ring (bicyclic) bond motifs is 1. The Balaban J connectivity index is 2.33. The van der Waals surface area contributed by atoms with Crippen molar-refractivity contribution in [2.75, 3.05) is 0 Å². The van der Waals surface area contributed by atoms with Crippen molar-refractivity contribution in [2.45, 2.75) is 58.9 Å². The van der Waals surface area contributed by atoms with E-state index in [9.17, 15) is 0 Å². The molecule has 0 aromatic rings. The van der Waals surface area contributed by atoms with Crippen LogP contribution in [-0.2, 0) is 0 Å². The third-order valence-electron chi connectivity index (χ3n) is 5.18. The molecule has 1 heteroatoms. The van der Waals surface area contributed by atoms with Gasteiger partial charge in [-0.2, -0.15) is 0 Å². The van der Waals surface area contributed by atoms with Crippen LogP contribution in [0.4, 0.5) is 0 Å². The molecule has 2 aliphatic carbocycles. The fourth-order valence-corrected chi connectivity index (χ4v) is 4.00. The summed E-state index contributed by atoms with van der Waals surface area (Å²) in [5.74, 6) is 2.81. The van der Waals surface area contributed by atoms with Gasteiger partial charge in [-0.3, -0.25) is 0 Å². The summed E-state index contributed by atoms with van der Waals surface area (Å²) in [5, 5.41) is 0. The number of hydrogen-bond acceptors (Lipinski definition) is 0. The summed E-state index contributed by atoms with van der Waals surface area (Å²) in [7, 11) is 0. The van der Waals surface area contributed by atoms with Crippen LogP contribution in [0, 0.1) is 30.2 Å².